The summed E-state index contributed by atoms with van der Waals surface area (Å²) in [6.07, 6.45) is 4.33. The number of benzene rings is 1. The third-order valence-electron chi connectivity index (χ3n) is 5.49. The van der Waals surface area contributed by atoms with E-state index in [1.807, 2.05) is 24.3 Å². The first kappa shape index (κ1) is 25.9. The predicted molar refractivity (Wildman–Crippen MR) is 119 cm³/mol. The lowest BCUT2D eigenvalue weighted by Crippen LogP contribution is -2.37. The molecular formula is C23H26F3N3O4S. The van der Waals surface area contributed by atoms with Gasteiger partial charge in [0.15, 0.2) is 0 Å². The molecule has 3 rings (SSSR count). The van der Waals surface area contributed by atoms with Gasteiger partial charge < -0.3 is 5.11 Å². The molecule has 11 heteroatoms. The van der Waals surface area contributed by atoms with E-state index in [9.17, 15) is 26.4 Å². The van der Waals surface area contributed by atoms with E-state index in [1.165, 1.54) is 0 Å². The maximum atomic E-state index is 12.8. The van der Waals surface area contributed by atoms with Gasteiger partial charge in [-0.05, 0) is 55.2 Å². The molecule has 1 saturated heterocycles. The van der Waals surface area contributed by atoms with Crippen LogP contribution in [-0.2, 0) is 27.5 Å². The molecule has 0 saturated carbocycles. The van der Waals surface area contributed by atoms with Crippen LogP contribution in [0.4, 0.5) is 13.2 Å². The number of carbonyl (C=O) groups is 1. The Morgan fingerprint density at radius 1 is 1.24 bits per heavy atom. The summed E-state index contributed by atoms with van der Waals surface area (Å²) in [7, 11) is -4.01. The smallest absolute Gasteiger partial charge is 0.416 e. The van der Waals surface area contributed by atoms with Crippen LogP contribution in [0.2, 0.25) is 0 Å². The molecule has 2 heterocycles. The average molecular weight is 498 g/mol. The third-order valence-corrected chi connectivity index (χ3v) is 7.03. The molecule has 184 valence electrons. The van der Waals surface area contributed by atoms with Gasteiger partial charge in [0.05, 0.1) is 10.5 Å². The highest BCUT2D eigenvalue weighted by molar-refractivity contribution is 7.89. The van der Waals surface area contributed by atoms with Crippen LogP contribution in [-0.4, -0.2) is 48.0 Å². The van der Waals surface area contributed by atoms with Gasteiger partial charge in [-0.25, -0.2) is 13.1 Å². The summed E-state index contributed by atoms with van der Waals surface area (Å²) in [5.74, 6) is -0.856. The Morgan fingerprint density at radius 3 is 2.59 bits per heavy atom. The minimum Gasteiger partial charge on any atom is -0.481 e. The zero-order valence-corrected chi connectivity index (χ0v) is 19.1. The summed E-state index contributed by atoms with van der Waals surface area (Å²) in [6.45, 7) is 0.940. The van der Waals surface area contributed by atoms with Crippen LogP contribution in [0.25, 0.3) is 0 Å². The topological polar surface area (TPSA) is 99.6 Å². The molecule has 7 nitrogen and oxygen atoms in total. The van der Waals surface area contributed by atoms with Gasteiger partial charge in [-0.1, -0.05) is 18.2 Å². The van der Waals surface area contributed by atoms with Crippen LogP contribution in [0.1, 0.15) is 36.8 Å². The largest absolute Gasteiger partial charge is 0.481 e. The van der Waals surface area contributed by atoms with Crippen LogP contribution in [0.5, 0.6) is 0 Å². The maximum Gasteiger partial charge on any atom is 0.416 e. The highest BCUT2D eigenvalue weighted by atomic mass is 32.2. The molecule has 1 aromatic heterocycles. The number of rotatable bonds is 10. The molecule has 0 amide bonds. The number of carboxylic acid groups (broad SMARTS) is 1. The second-order valence-corrected chi connectivity index (χ2v) is 9.86. The second-order valence-electron chi connectivity index (χ2n) is 8.15. The van der Waals surface area contributed by atoms with Crippen molar-refractivity contribution in [3.05, 3.63) is 72.1 Å². The number of halogens is 3. The normalized spacial score (nSPS) is 19.6. The highest BCUT2D eigenvalue weighted by Gasteiger charge is 2.34. The summed E-state index contributed by atoms with van der Waals surface area (Å²) in [4.78, 5) is 16.6. The predicted octanol–water partition coefficient (Wildman–Crippen LogP) is 3.83. The lowest BCUT2D eigenvalue weighted by atomic mass is 10.1. The number of hydrogen-bond acceptors (Lipinski definition) is 5. The number of sulfonamides is 1. The maximum absolute atomic E-state index is 12.8. The van der Waals surface area contributed by atoms with Crippen LogP contribution in [0.3, 0.4) is 0 Å². The van der Waals surface area contributed by atoms with Gasteiger partial charge in [0.25, 0.3) is 0 Å². The van der Waals surface area contributed by atoms with E-state index in [1.54, 1.807) is 12.4 Å². The molecule has 1 fully saturated rings. The Kier molecular flexibility index (Phi) is 8.45. The summed E-state index contributed by atoms with van der Waals surface area (Å²) in [5.41, 5.74) is 0.0427. The van der Waals surface area contributed by atoms with Crippen molar-refractivity contribution in [1.82, 2.24) is 14.6 Å². The van der Waals surface area contributed by atoms with Crippen molar-refractivity contribution in [3.8, 4) is 0 Å². The third kappa shape index (κ3) is 7.37. The molecule has 0 radical (unpaired) electrons. The van der Waals surface area contributed by atoms with Crippen molar-refractivity contribution < 1.29 is 31.5 Å². The second kappa shape index (κ2) is 11.1. The Morgan fingerprint density at radius 2 is 1.97 bits per heavy atom. The Labute approximate surface area is 196 Å². The first-order valence-electron chi connectivity index (χ1n) is 10.8. The van der Waals surface area contributed by atoms with Crippen molar-refractivity contribution in [2.24, 2.45) is 0 Å². The first-order chi connectivity index (χ1) is 16.0. The molecular weight excluding hydrogens is 471 g/mol. The van der Waals surface area contributed by atoms with Crippen molar-refractivity contribution in [3.63, 3.8) is 0 Å². The lowest BCUT2D eigenvalue weighted by molar-refractivity contribution is -0.138. The van der Waals surface area contributed by atoms with E-state index in [0.717, 1.165) is 29.8 Å². The van der Waals surface area contributed by atoms with Crippen LogP contribution >= 0.6 is 0 Å². The standard InChI is InChI=1S/C23H26F3N3O4S/c24-23(25,26)18-8-10-21(11-9-18)34(32,33)28-19-13-20(6-2-1-3-7-22(30)31)29(16-19)15-17-5-4-12-27-14-17/h2,4-6,8-12,14,19-20,28H,1,3,7,13,15-16H2,(H,30,31)/t19-,20-/m1/s1. The molecule has 2 atom stereocenters. The number of unbranched alkanes of at least 4 members (excludes halogenated alkanes) is 1. The van der Waals surface area contributed by atoms with Gasteiger partial charge in [-0.2, -0.15) is 13.2 Å². The van der Waals surface area contributed by atoms with Crippen molar-refractivity contribution in [2.75, 3.05) is 6.54 Å². The van der Waals surface area contributed by atoms with Gasteiger partial charge in [0.1, 0.15) is 0 Å². The molecule has 1 aliphatic rings. The Hall–Kier alpha value is -2.76. The fourth-order valence-electron chi connectivity index (χ4n) is 3.86. The molecule has 34 heavy (non-hydrogen) atoms. The van der Waals surface area contributed by atoms with Gasteiger partial charge >= 0.3 is 12.1 Å². The van der Waals surface area contributed by atoms with Gasteiger partial charge in [0, 0.05) is 44.0 Å². The zero-order valence-electron chi connectivity index (χ0n) is 18.3. The van der Waals surface area contributed by atoms with Crippen LogP contribution in [0, 0.1) is 0 Å². The van der Waals surface area contributed by atoms with E-state index in [-0.39, 0.29) is 17.4 Å². The van der Waals surface area contributed by atoms with Crippen molar-refractivity contribution in [1.29, 1.82) is 0 Å². The summed E-state index contributed by atoms with van der Waals surface area (Å²) in [6, 6.07) is 6.60. The number of aromatic nitrogens is 1. The van der Waals surface area contributed by atoms with E-state index in [4.69, 9.17) is 5.11 Å². The monoisotopic (exact) mass is 497 g/mol. The zero-order chi connectivity index (χ0) is 24.8. The highest BCUT2D eigenvalue weighted by Crippen LogP contribution is 2.30. The molecule has 0 bridgehead atoms. The van der Waals surface area contributed by atoms with Gasteiger partial charge in [-0.3, -0.25) is 14.7 Å². The molecule has 1 aromatic carbocycles. The minimum atomic E-state index is -4.54. The number of allylic oxidation sites excluding steroid dienone is 1. The average Bonchev–Trinajstić information content (AvgIpc) is 3.13. The van der Waals surface area contributed by atoms with E-state index >= 15 is 0 Å². The van der Waals surface area contributed by atoms with Gasteiger partial charge in [0.2, 0.25) is 10.0 Å². The summed E-state index contributed by atoms with van der Waals surface area (Å²) in [5, 5.41) is 8.76. The Balaban J connectivity index is 1.69. The molecule has 0 unspecified atom stereocenters. The van der Waals surface area contributed by atoms with Crippen molar-refractivity contribution in [2.45, 2.75) is 55.4 Å². The summed E-state index contributed by atoms with van der Waals surface area (Å²) >= 11 is 0. The number of nitrogens with one attached hydrogen (secondary N) is 1. The number of nitrogens with zero attached hydrogens (tertiary/aromatic N) is 2. The fourth-order valence-corrected chi connectivity index (χ4v) is 5.10. The van der Waals surface area contributed by atoms with Gasteiger partial charge in [-0.15, -0.1) is 0 Å². The quantitative estimate of drug-likeness (QED) is 0.382. The molecule has 0 aliphatic carbocycles. The lowest BCUT2D eigenvalue weighted by Gasteiger charge is -2.21. The minimum absolute atomic E-state index is 0.0734. The number of aliphatic carboxylic acids is 1. The fraction of sp³-hybridized carbons (Fsp3) is 0.391. The molecule has 1 aliphatic heterocycles. The van der Waals surface area contributed by atoms with Crippen LogP contribution < -0.4 is 4.72 Å². The SMILES string of the molecule is O=C(O)CCCC=C[C@@H]1C[C@@H](NS(=O)(=O)c2ccc(C(F)(F)F)cc2)CN1Cc1cccnc1. The number of hydrogen-bond donors (Lipinski definition) is 2. The number of carboxylic acids is 1. The number of alkyl halides is 3. The number of likely N-dealkylation sites (tertiary alicyclic amines) is 1. The van der Waals surface area contributed by atoms with E-state index in [2.05, 4.69) is 14.6 Å². The molecule has 2 aromatic rings. The Bertz CT molecular complexity index is 1090. The number of pyridine rings is 1. The van der Waals surface area contributed by atoms with E-state index in [0.29, 0.717) is 32.4 Å². The molecule has 0 spiro atoms. The first-order valence-corrected chi connectivity index (χ1v) is 12.2. The molecule has 2 N–H and O–H groups in total. The van der Waals surface area contributed by atoms with E-state index < -0.39 is 33.8 Å². The summed E-state index contributed by atoms with van der Waals surface area (Å²) < 4.78 is 66.6. The van der Waals surface area contributed by atoms with Crippen LogP contribution in [0.15, 0.2) is 65.8 Å². The van der Waals surface area contributed by atoms with Crippen molar-refractivity contribution >= 4 is 16.0 Å².